The lowest BCUT2D eigenvalue weighted by molar-refractivity contribution is 0.0635. The molecule has 0 saturated heterocycles. The molecule has 0 aliphatic rings. The molecule has 0 aromatic heterocycles. The lowest BCUT2D eigenvalue weighted by atomic mass is 10.2. The van der Waals surface area contributed by atoms with Gasteiger partial charge in [0, 0.05) is 6.07 Å². The van der Waals surface area contributed by atoms with E-state index in [-0.39, 0.29) is 17.2 Å². The molecule has 3 N–H and O–H groups in total. The summed E-state index contributed by atoms with van der Waals surface area (Å²) in [6, 6.07) is 3.87. The maximum absolute atomic E-state index is 11.4. The van der Waals surface area contributed by atoms with Crippen molar-refractivity contribution < 1.29 is 19.7 Å². The molecule has 0 spiro atoms. The van der Waals surface area contributed by atoms with E-state index in [0.717, 1.165) is 6.07 Å². The molecule has 0 aliphatic carbocycles. The third-order valence-electron chi connectivity index (χ3n) is 1.62. The molecule has 0 atom stereocenters. The Morgan fingerprint density at radius 1 is 1.31 bits per heavy atom. The van der Waals surface area contributed by atoms with Gasteiger partial charge < -0.3 is 14.9 Å². The van der Waals surface area contributed by atoms with Gasteiger partial charge in [-0.15, -0.1) is 0 Å². The van der Waals surface area contributed by atoms with Crippen LogP contribution in [-0.2, 0) is 4.74 Å². The van der Waals surface area contributed by atoms with Crippen LogP contribution in [-0.4, -0.2) is 21.9 Å². The minimum absolute atomic E-state index is 0.0766. The third-order valence-corrected chi connectivity index (χ3v) is 1.62. The van der Waals surface area contributed by atoms with Gasteiger partial charge in [-0.1, -0.05) is 0 Å². The van der Waals surface area contributed by atoms with Crippen molar-refractivity contribution in [3.8, 4) is 11.5 Å². The Balaban J connectivity index is 2.70. The average molecular weight is 225 g/mol. The molecule has 0 saturated carbocycles. The minimum atomic E-state index is -0.659. The van der Waals surface area contributed by atoms with Crippen molar-refractivity contribution in [2.24, 2.45) is 0 Å². The fourth-order valence-corrected chi connectivity index (χ4v) is 1.04. The lowest BCUT2D eigenvalue weighted by Crippen LogP contribution is -2.27. The lowest BCUT2D eigenvalue weighted by Gasteiger charge is -2.19. The summed E-state index contributed by atoms with van der Waals surface area (Å²) in [4.78, 5) is 11.4. The summed E-state index contributed by atoms with van der Waals surface area (Å²) in [5, 5.41) is 20.8. The first-order chi connectivity index (χ1) is 7.28. The van der Waals surface area contributed by atoms with E-state index in [1.807, 2.05) is 0 Å². The van der Waals surface area contributed by atoms with Crippen LogP contribution in [0.15, 0.2) is 18.2 Å². The van der Waals surface area contributed by atoms with Crippen LogP contribution in [0, 0.1) is 0 Å². The number of benzene rings is 1. The summed E-state index contributed by atoms with van der Waals surface area (Å²) in [6.45, 7) is 5.22. The maximum Gasteiger partial charge on any atom is 0.412 e. The van der Waals surface area contributed by atoms with E-state index < -0.39 is 11.7 Å². The zero-order valence-electron chi connectivity index (χ0n) is 9.44. The largest absolute Gasteiger partial charge is 0.508 e. The molecule has 0 radical (unpaired) electrons. The predicted octanol–water partition coefficient (Wildman–Crippen LogP) is 2.44. The fraction of sp³-hybridized carbons (Fsp3) is 0.364. The van der Waals surface area contributed by atoms with Crippen LogP contribution in [0.25, 0.3) is 0 Å². The highest BCUT2D eigenvalue weighted by atomic mass is 16.6. The van der Waals surface area contributed by atoms with Crippen molar-refractivity contribution in [3.63, 3.8) is 0 Å². The highest BCUT2D eigenvalue weighted by Gasteiger charge is 2.17. The molecule has 5 heteroatoms. The van der Waals surface area contributed by atoms with E-state index in [9.17, 15) is 9.90 Å². The second-order valence-corrected chi connectivity index (χ2v) is 4.33. The number of carbonyl (C=O) groups is 1. The Morgan fingerprint density at radius 3 is 2.44 bits per heavy atom. The van der Waals surface area contributed by atoms with E-state index in [1.54, 1.807) is 20.8 Å². The van der Waals surface area contributed by atoms with Gasteiger partial charge in [-0.3, -0.25) is 5.32 Å². The Morgan fingerprint density at radius 2 is 1.94 bits per heavy atom. The molecule has 0 aliphatic heterocycles. The molecule has 0 unspecified atom stereocenters. The quantitative estimate of drug-likeness (QED) is 0.506. The van der Waals surface area contributed by atoms with Gasteiger partial charge in [-0.05, 0) is 32.9 Å². The second kappa shape index (κ2) is 4.30. The van der Waals surface area contributed by atoms with Gasteiger partial charge in [-0.2, -0.15) is 0 Å². The number of hydrogen-bond acceptors (Lipinski definition) is 4. The molecule has 16 heavy (non-hydrogen) atoms. The molecule has 1 amide bonds. The smallest absolute Gasteiger partial charge is 0.412 e. The van der Waals surface area contributed by atoms with Crippen LogP contribution in [0.5, 0.6) is 11.5 Å². The molecule has 88 valence electrons. The van der Waals surface area contributed by atoms with Gasteiger partial charge in [0.05, 0.1) is 5.69 Å². The van der Waals surface area contributed by atoms with Crippen LogP contribution in [0.4, 0.5) is 10.5 Å². The van der Waals surface area contributed by atoms with E-state index in [0.29, 0.717) is 0 Å². The highest BCUT2D eigenvalue weighted by Crippen LogP contribution is 2.27. The Kier molecular flexibility index (Phi) is 3.27. The van der Waals surface area contributed by atoms with Gasteiger partial charge in [0.2, 0.25) is 0 Å². The van der Waals surface area contributed by atoms with Crippen LogP contribution in [0.3, 0.4) is 0 Å². The topological polar surface area (TPSA) is 78.8 Å². The van der Waals surface area contributed by atoms with Gasteiger partial charge in [0.1, 0.15) is 17.1 Å². The monoisotopic (exact) mass is 225 g/mol. The first-order valence-electron chi connectivity index (χ1n) is 4.80. The van der Waals surface area contributed by atoms with Crippen molar-refractivity contribution in [2.75, 3.05) is 5.32 Å². The van der Waals surface area contributed by atoms with E-state index in [2.05, 4.69) is 5.32 Å². The minimum Gasteiger partial charge on any atom is -0.508 e. The highest BCUT2D eigenvalue weighted by molar-refractivity contribution is 5.87. The molecule has 0 heterocycles. The summed E-state index contributed by atoms with van der Waals surface area (Å²) in [5.41, 5.74) is -0.413. The van der Waals surface area contributed by atoms with Gasteiger partial charge >= 0.3 is 6.09 Å². The SMILES string of the molecule is CC(C)(C)OC(=O)Nc1ccc(O)cc1O. The van der Waals surface area contributed by atoms with E-state index in [4.69, 9.17) is 9.84 Å². The zero-order valence-corrected chi connectivity index (χ0v) is 9.44. The summed E-state index contributed by atoms with van der Waals surface area (Å²) >= 11 is 0. The average Bonchev–Trinajstić information content (AvgIpc) is 2.06. The van der Waals surface area contributed by atoms with E-state index >= 15 is 0 Å². The molecule has 0 bridgehead atoms. The number of nitrogens with one attached hydrogen (secondary N) is 1. The van der Waals surface area contributed by atoms with E-state index in [1.165, 1.54) is 12.1 Å². The number of ether oxygens (including phenoxy) is 1. The zero-order chi connectivity index (χ0) is 12.3. The van der Waals surface area contributed by atoms with Crippen molar-refractivity contribution in [1.29, 1.82) is 0 Å². The molecule has 0 fully saturated rings. The molecule has 5 nitrogen and oxygen atoms in total. The summed E-state index contributed by atoms with van der Waals surface area (Å²) in [7, 11) is 0. The van der Waals surface area contributed by atoms with Gasteiger partial charge in [-0.25, -0.2) is 4.79 Å². The maximum atomic E-state index is 11.4. The first-order valence-corrected chi connectivity index (χ1v) is 4.80. The molecule has 1 aromatic carbocycles. The summed E-state index contributed by atoms with van der Waals surface area (Å²) in [5.74, 6) is -0.293. The number of amides is 1. The Labute approximate surface area is 93.7 Å². The van der Waals surface area contributed by atoms with Crippen molar-refractivity contribution in [1.82, 2.24) is 0 Å². The number of hydrogen-bond donors (Lipinski definition) is 3. The number of carbonyl (C=O) groups excluding carboxylic acids is 1. The Hall–Kier alpha value is -1.91. The van der Waals surface area contributed by atoms with Gasteiger partial charge in [0.15, 0.2) is 0 Å². The third kappa shape index (κ3) is 3.68. The van der Waals surface area contributed by atoms with Crippen LogP contribution in [0.1, 0.15) is 20.8 Å². The second-order valence-electron chi connectivity index (χ2n) is 4.33. The number of phenols is 2. The normalized spacial score (nSPS) is 10.9. The number of aromatic hydroxyl groups is 2. The van der Waals surface area contributed by atoms with Crippen LogP contribution >= 0.6 is 0 Å². The van der Waals surface area contributed by atoms with Crippen molar-refractivity contribution >= 4 is 11.8 Å². The standard InChI is InChI=1S/C11H15NO4/c1-11(2,3)16-10(15)12-8-5-4-7(13)6-9(8)14/h4-6,13-14H,1-3H3,(H,12,15). The summed E-state index contributed by atoms with van der Waals surface area (Å²) < 4.78 is 5.00. The summed E-state index contributed by atoms with van der Waals surface area (Å²) in [6.07, 6.45) is -0.659. The number of rotatable bonds is 1. The molecular formula is C11H15NO4. The number of phenolic OH excluding ortho intramolecular Hbond substituents is 2. The fourth-order valence-electron chi connectivity index (χ4n) is 1.04. The molecule has 1 aromatic rings. The molecular weight excluding hydrogens is 210 g/mol. The predicted molar refractivity (Wildman–Crippen MR) is 59.6 cm³/mol. The van der Waals surface area contributed by atoms with Crippen LogP contribution < -0.4 is 5.32 Å². The van der Waals surface area contributed by atoms with Crippen molar-refractivity contribution in [2.45, 2.75) is 26.4 Å². The Bertz CT molecular complexity index is 395. The number of anilines is 1. The van der Waals surface area contributed by atoms with Crippen molar-refractivity contribution in [3.05, 3.63) is 18.2 Å². The van der Waals surface area contributed by atoms with Crippen LogP contribution in [0.2, 0.25) is 0 Å². The first kappa shape index (κ1) is 12.2. The van der Waals surface area contributed by atoms with Gasteiger partial charge in [0.25, 0.3) is 0 Å². The molecule has 1 rings (SSSR count).